The first kappa shape index (κ1) is 12.1. The lowest BCUT2D eigenvalue weighted by Crippen LogP contribution is -2.41. The van der Waals surface area contributed by atoms with Gasteiger partial charge in [-0.05, 0) is 25.8 Å². The minimum Gasteiger partial charge on any atom is -0.478 e. The Labute approximate surface area is 100 Å². The molecule has 5 nitrogen and oxygen atoms in total. The van der Waals surface area contributed by atoms with Crippen LogP contribution in [-0.4, -0.2) is 29.2 Å². The van der Waals surface area contributed by atoms with E-state index in [1.807, 2.05) is 0 Å². The number of furan rings is 1. The first-order valence-corrected chi connectivity index (χ1v) is 5.98. The minimum atomic E-state index is -0.935. The Bertz CT molecular complexity index is 394. The van der Waals surface area contributed by atoms with E-state index in [0.717, 1.165) is 13.1 Å². The Morgan fingerprint density at radius 3 is 2.76 bits per heavy atom. The largest absolute Gasteiger partial charge is 0.478 e. The van der Waals surface area contributed by atoms with Gasteiger partial charge in [0, 0.05) is 13.1 Å². The van der Waals surface area contributed by atoms with E-state index in [9.17, 15) is 4.79 Å². The van der Waals surface area contributed by atoms with E-state index in [1.54, 1.807) is 13.0 Å². The second kappa shape index (κ2) is 5.33. The van der Waals surface area contributed by atoms with Gasteiger partial charge in [-0.3, -0.25) is 0 Å². The highest BCUT2D eigenvalue weighted by Gasteiger charge is 2.15. The van der Waals surface area contributed by atoms with Gasteiger partial charge in [0.25, 0.3) is 0 Å². The van der Waals surface area contributed by atoms with Gasteiger partial charge in [0.1, 0.15) is 17.1 Å². The molecule has 1 aromatic heterocycles. The number of aryl methyl sites for hydroxylation is 1. The number of aromatic carboxylic acids is 1. The molecule has 1 aliphatic rings. The lowest BCUT2D eigenvalue weighted by Gasteiger charge is -2.26. The number of nitrogens with one attached hydrogen (secondary N) is 1. The molecule has 17 heavy (non-hydrogen) atoms. The third-order valence-electron chi connectivity index (χ3n) is 3.03. The molecule has 1 saturated heterocycles. The van der Waals surface area contributed by atoms with E-state index in [2.05, 4.69) is 10.4 Å². The van der Waals surface area contributed by atoms with Gasteiger partial charge in [-0.25, -0.2) is 15.2 Å². The summed E-state index contributed by atoms with van der Waals surface area (Å²) in [4.78, 5) is 10.9. The molecule has 94 valence electrons. The van der Waals surface area contributed by atoms with Crippen molar-refractivity contribution in [3.63, 3.8) is 0 Å². The number of hydrogen-bond donors (Lipinski definition) is 2. The first-order valence-electron chi connectivity index (χ1n) is 5.98. The van der Waals surface area contributed by atoms with E-state index in [1.165, 1.54) is 19.3 Å². The molecule has 2 rings (SSSR count). The molecule has 0 unspecified atom stereocenters. The van der Waals surface area contributed by atoms with Gasteiger partial charge in [0.2, 0.25) is 0 Å². The van der Waals surface area contributed by atoms with E-state index >= 15 is 0 Å². The molecule has 0 bridgehead atoms. The summed E-state index contributed by atoms with van der Waals surface area (Å²) < 4.78 is 5.40. The van der Waals surface area contributed by atoms with Crippen LogP contribution < -0.4 is 5.43 Å². The lowest BCUT2D eigenvalue weighted by molar-refractivity contribution is 0.0695. The number of carboxylic acid groups (broad SMARTS) is 1. The number of nitrogens with zero attached hydrogens (tertiary/aromatic N) is 1. The average molecular weight is 238 g/mol. The van der Waals surface area contributed by atoms with Gasteiger partial charge >= 0.3 is 5.97 Å². The minimum absolute atomic E-state index is 0.250. The van der Waals surface area contributed by atoms with E-state index in [4.69, 9.17) is 9.52 Å². The first-order chi connectivity index (χ1) is 8.16. The van der Waals surface area contributed by atoms with E-state index in [-0.39, 0.29) is 5.56 Å². The molecule has 1 fully saturated rings. The van der Waals surface area contributed by atoms with Crippen molar-refractivity contribution in [2.75, 3.05) is 13.1 Å². The zero-order valence-corrected chi connectivity index (χ0v) is 10.0. The molecule has 2 heterocycles. The summed E-state index contributed by atoms with van der Waals surface area (Å²) in [5.74, 6) is 0.203. The summed E-state index contributed by atoms with van der Waals surface area (Å²) in [5.41, 5.74) is 3.51. The predicted molar refractivity (Wildman–Crippen MR) is 62.7 cm³/mol. The number of rotatable bonds is 4. The molecule has 0 radical (unpaired) electrons. The van der Waals surface area contributed by atoms with Gasteiger partial charge in [0.05, 0.1) is 6.54 Å². The quantitative estimate of drug-likeness (QED) is 0.837. The van der Waals surface area contributed by atoms with E-state index in [0.29, 0.717) is 18.1 Å². The van der Waals surface area contributed by atoms with Crippen LogP contribution in [0.15, 0.2) is 10.5 Å². The standard InChI is InChI=1S/C12H18N2O3/c1-9-11(12(15)16)7-10(17-9)8-13-14-5-3-2-4-6-14/h7,13H,2-6,8H2,1H3,(H,15,16). The number of hydrazine groups is 1. The third kappa shape index (κ3) is 3.08. The molecule has 0 spiro atoms. The van der Waals surface area contributed by atoms with Gasteiger partial charge in [-0.2, -0.15) is 0 Å². The van der Waals surface area contributed by atoms with Crippen LogP contribution in [0.25, 0.3) is 0 Å². The fraction of sp³-hybridized carbons (Fsp3) is 0.583. The topological polar surface area (TPSA) is 65.7 Å². The predicted octanol–water partition coefficient (Wildman–Crippen LogP) is 1.78. The Balaban J connectivity index is 1.90. The van der Waals surface area contributed by atoms with Crippen LogP contribution >= 0.6 is 0 Å². The molecule has 0 amide bonds. The SMILES string of the molecule is Cc1oc(CNN2CCCCC2)cc1C(=O)O. The average Bonchev–Trinajstić information content (AvgIpc) is 2.69. The molecule has 1 aliphatic heterocycles. The zero-order chi connectivity index (χ0) is 12.3. The summed E-state index contributed by atoms with van der Waals surface area (Å²) in [6.07, 6.45) is 3.72. The van der Waals surface area contributed by atoms with Crippen LogP contribution in [0.2, 0.25) is 0 Å². The monoisotopic (exact) mass is 238 g/mol. The Hall–Kier alpha value is -1.33. The Morgan fingerprint density at radius 2 is 2.18 bits per heavy atom. The van der Waals surface area contributed by atoms with Crippen molar-refractivity contribution in [2.45, 2.75) is 32.7 Å². The molecular formula is C12H18N2O3. The summed E-state index contributed by atoms with van der Waals surface area (Å²) in [7, 11) is 0. The third-order valence-corrected chi connectivity index (χ3v) is 3.03. The zero-order valence-electron chi connectivity index (χ0n) is 10.0. The second-order valence-corrected chi connectivity index (χ2v) is 4.37. The highest BCUT2D eigenvalue weighted by Crippen LogP contribution is 2.15. The van der Waals surface area contributed by atoms with Gasteiger partial charge in [-0.1, -0.05) is 6.42 Å². The molecule has 2 N–H and O–H groups in total. The molecule has 0 atom stereocenters. The summed E-state index contributed by atoms with van der Waals surface area (Å²) in [6, 6.07) is 1.59. The van der Waals surface area contributed by atoms with Crippen molar-refractivity contribution >= 4 is 5.97 Å². The highest BCUT2D eigenvalue weighted by atomic mass is 16.4. The van der Waals surface area contributed by atoms with Crippen LogP contribution in [0.4, 0.5) is 0 Å². The number of carbonyl (C=O) groups is 1. The lowest BCUT2D eigenvalue weighted by atomic mass is 10.2. The molecule has 5 heteroatoms. The van der Waals surface area contributed by atoms with Crippen LogP contribution in [-0.2, 0) is 6.54 Å². The fourth-order valence-electron chi connectivity index (χ4n) is 2.08. The fourth-order valence-corrected chi connectivity index (χ4v) is 2.08. The Kier molecular flexibility index (Phi) is 3.81. The number of hydrogen-bond acceptors (Lipinski definition) is 4. The van der Waals surface area contributed by atoms with Crippen molar-refractivity contribution < 1.29 is 14.3 Å². The maximum absolute atomic E-state index is 10.9. The second-order valence-electron chi connectivity index (χ2n) is 4.37. The van der Waals surface area contributed by atoms with Crippen LogP contribution in [0, 0.1) is 6.92 Å². The maximum Gasteiger partial charge on any atom is 0.339 e. The number of piperidine rings is 1. The van der Waals surface area contributed by atoms with Crippen LogP contribution in [0.5, 0.6) is 0 Å². The summed E-state index contributed by atoms with van der Waals surface area (Å²) in [6.45, 7) is 4.32. The van der Waals surface area contributed by atoms with Crippen molar-refractivity contribution in [1.29, 1.82) is 0 Å². The summed E-state index contributed by atoms with van der Waals surface area (Å²) >= 11 is 0. The Morgan fingerprint density at radius 1 is 1.47 bits per heavy atom. The van der Waals surface area contributed by atoms with Gasteiger partial charge in [-0.15, -0.1) is 0 Å². The van der Waals surface area contributed by atoms with Gasteiger partial charge < -0.3 is 9.52 Å². The van der Waals surface area contributed by atoms with Crippen molar-refractivity contribution in [3.05, 3.63) is 23.2 Å². The highest BCUT2D eigenvalue weighted by molar-refractivity contribution is 5.88. The van der Waals surface area contributed by atoms with Crippen LogP contribution in [0.3, 0.4) is 0 Å². The van der Waals surface area contributed by atoms with E-state index < -0.39 is 5.97 Å². The molecule has 0 aliphatic carbocycles. The number of carboxylic acids is 1. The molecule has 0 aromatic carbocycles. The maximum atomic E-state index is 10.9. The normalized spacial score (nSPS) is 17.2. The van der Waals surface area contributed by atoms with Crippen LogP contribution in [0.1, 0.15) is 41.1 Å². The van der Waals surface area contributed by atoms with Gasteiger partial charge in [0.15, 0.2) is 0 Å². The van der Waals surface area contributed by atoms with Crippen molar-refractivity contribution in [2.24, 2.45) is 0 Å². The van der Waals surface area contributed by atoms with Crippen molar-refractivity contribution in [1.82, 2.24) is 10.4 Å². The summed E-state index contributed by atoms with van der Waals surface area (Å²) in [5, 5.41) is 11.1. The smallest absolute Gasteiger partial charge is 0.339 e. The van der Waals surface area contributed by atoms with Crippen molar-refractivity contribution in [3.8, 4) is 0 Å². The molecule has 1 aromatic rings. The molecule has 0 saturated carbocycles. The molecular weight excluding hydrogens is 220 g/mol.